The van der Waals surface area contributed by atoms with E-state index in [1.54, 1.807) is 6.07 Å². The quantitative estimate of drug-likeness (QED) is 0.628. The number of nitro groups is 1. The molecule has 1 aromatic heterocycles. The van der Waals surface area contributed by atoms with E-state index in [1.165, 1.54) is 12.1 Å². The smallest absolute Gasteiger partial charge is 0.271 e. The molecule has 6 heteroatoms. The molecule has 1 saturated carbocycles. The second-order valence-corrected chi connectivity index (χ2v) is 4.20. The fourth-order valence-electron chi connectivity index (χ4n) is 1.80. The molecule has 2 aromatic rings. The first-order chi connectivity index (χ1) is 8.15. The molecule has 0 amide bonds. The number of aromatic nitrogens is 2. The number of hydrogen-bond acceptors (Lipinski definition) is 5. The molecule has 1 fully saturated rings. The van der Waals surface area contributed by atoms with Gasteiger partial charge < -0.3 is 5.73 Å². The van der Waals surface area contributed by atoms with E-state index in [9.17, 15) is 10.1 Å². The van der Waals surface area contributed by atoms with Crippen LogP contribution in [0.4, 0.5) is 11.5 Å². The molecule has 17 heavy (non-hydrogen) atoms. The second kappa shape index (κ2) is 3.38. The van der Waals surface area contributed by atoms with Crippen molar-refractivity contribution in [2.75, 3.05) is 5.73 Å². The summed E-state index contributed by atoms with van der Waals surface area (Å²) >= 11 is 0. The van der Waals surface area contributed by atoms with Gasteiger partial charge >= 0.3 is 0 Å². The molecule has 0 unspecified atom stereocenters. The van der Waals surface area contributed by atoms with Crippen molar-refractivity contribution in [2.24, 2.45) is 0 Å². The van der Waals surface area contributed by atoms with Crippen molar-refractivity contribution in [1.82, 2.24) is 9.97 Å². The number of hydrogen-bond donors (Lipinski definition) is 1. The predicted octanol–water partition coefficient (Wildman–Crippen LogP) is 2.00. The van der Waals surface area contributed by atoms with Gasteiger partial charge in [-0.05, 0) is 18.9 Å². The van der Waals surface area contributed by atoms with Crippen LogP contribution < -0.4 is 5.73 Å². The SMILES string of the molecule is Nc1nc(C2CC2)nc2cc([N+](=O)[O-])ccc12. The third kappa shape index (κ3) is 1.67. The molecule has 2 N–H and O–H groups in total. The number of nitrogens with two attached hydrogens (primary N) is 1. The third-order valence-corrected chi connectivity index (χ3v) is 2.88. The Hall–Kier alpha value is -2.24. The van der Waals surface area contributed by atoms with Gasteiger partial charge in [-0.25, -0.2) is 9.97 Å². The zero-order chi connectivity index (χ0) is 12.0. The highest BCUT2D eigenvalue weighted by Crippen LogP contribution is 2.39. The van der Waals surface area contributed by atoms with E-state index in [1.807, 2.05) is 0 Å². The summed E-state index contributed by atoms with van der Waals surface area (Å²) in [7, 11) is 0. The van der Waals surface area contributed by atoms with Crippen LogP contribution >= 0.6 is 0 Å². The van der Waals surface area contributed by atoms with Gasteiger partial charge in [0.05, 0.1) is 10.4 Å². The summed E-state index contributed by atoms with van der Waals surface area (Å²) in [4.78, 5) is 18.8. The minimum Gasteiger partial charge on any atom is -0.383 e. The Morgan fingerprint density at radius 1 is 1.35 bits per heavy atom. The van der Waals surface area contributed by atoms with Crippen LogP contribution in [0, 0.1) is 10.1 Å². The molecule has 1 aliphatic rings. The normalized spacial score (nSPS) is 15.1. The molecule has 1 aliphatic carbocycles. The molecule has 0 aliphatic heterocycles. The van der Waals surface area contributed by atoms with Crippen LogP contribution in [-0.4, -0.2) is 14.9 Å². The summed E-state index contributed by atoms with van der Waals surface area (Å²) in [5, 5.41) is 11.4. The van der Waals surface area contributed by atoms with Gasteiger partial charge in [0.2, 0.25) is 0 Å². The van der Waals surface area contributed by atoms with Gasteiger partial charge in [0, 0.05) is 23.4 Å². The Kier molecular flexibility index (Phi) is 1.98. The third-order valence-electron chi connectivity index (χ3n) is 2.88. The summed E-state index contributed by atoms with van der Waals surface area (Å²) in [6, 6.07) is 4.46. The number of rotatable bonds is 2. The van der Waals surface area contributed by atoms with Crippen LogP contribution in [0.3, 0.4) is 0 Å². The number of nitrogens with zero attached hydrogens (tertiary/aromatic N) is 3. The maximum Gasteiger partial charge on any atom is 0.271 e. The molecule has 0 saturated heterocycles. The standard InChI is InChI=1S/C11H10N4O2/c12-10-8-4-3-7(15(16)17)5-9(8)13-11(14-10)6-1-2-6/h3-6H,1-2H2,(H2,12,13,14). The molecule has 3 rings (SSSR count). The molecule has 86 valence electrons. The lowest BCUT2D eigenvalue weighted by Crippen LogP contribution is -2.00. The van der Waals surface area contributed by atoms with Crippen LogP contribution in [0.15, 0.2) is 18.2 Å². The minimum atomic E-state index is -0.436. The maximum atomic E-state index is 10.7. The summed E-state index contributed by atoms with van der Waals surface area (Å²) < 4.78 is 0. The van der Waals surface area contributed by atoms with Crippen LogP contribution in [-0.2, 0) is 0 Å². The molecule has 0 bridgehead atoms. The Bertz CT molecular complexity index is 622. The Morgan fingerprint density at radius 3 is 2.76 bits per heavy atom. The van der Waals surface area contributed by atoms with E-state index in [2.05, 4.69) is 9.97 Å². The Morgan fingerprint density at radius 2 is 2.12 bits per heavy atom. The molecular formula is C11H10N4O2. The average molecular weight is 230 g/mol. The van der Waals surface area contributed by atoms with Crippen molar-refractivity contribution < 1.29 is 4.92 Å². The van der Waals surface area contributed by atoms with Crippen molar-refractivity contribution in [2.45, 2.75) is 18.8 Å². The van der Waals surface area contributed by atoms with E-state index >= 15 is 0 Å². The lowest BCUT2D eigenvalue weighted by atomic mass is 10.2. The first-order valence-electron chi connectivity index (χ1n) is 5.37. The number of non-ortho nitro benzene ring substituents is 1. The van der Waals surface area contributed by atoms with E-state index in [4.69, 9.17) is 5.73 Å². The highest BCUT2D eigenvalue weighted by atomic mass is 16.6. The minimum absolute atomic E-state index is 0.0253. The summed E-state index contributed by atoms with van der Waals surface area (Å²) in [6.07, 6.45) is 2.14. The van der Waals surface area contributed by atoms with Gasteiger partial charge in [0.1, 0.15) is 11.6 Å². The molecule has 6 nitrogen and oxygen atoms in total. The topological polar surface area (TPSA) is 94.9 Å². The van der Waals surface area contributed by atoms with Gasteiger partial charge in [-0.2, -0.15) is 0 Å². The number of fused-ring (bicyclic) bond motifs is 1. The molecule has 0 atom stereocenters. The molecular weight excluding hydrogens is 220 g/mol. The maximum absolute atomic E-state index is 10.7. The van der Waals surface area contributed by atoms with E-state index in [-0.39, 0.29) is 5.69 Å². The first-order valence-corrected chi connectivity index (χ1v) is 5.37. The summed E-state index contributed by atoms with van der Waals surface area (Å²) in [5.74, 6) is 1.48. The molecule has 0 radical (unpaired) electrons. The van der Waals surface area contributed by atoms with Gasteiger partial charge in [-0.15, -0.1) is 0 Å². The van der Waals surface area contributed by atoms with Crippen molar-refractivity contribution in [3.63, 3.8) is 0 Å². The Balaban J connectivity index is 2.22. The monoisotopic (exact) mass is 230 g/mol. The highest BCUT2D eigenvalue weighted by Gasteiger charge is 2.27. The van der Waals surface area contributed by atoms with Crippen LogP contribution in [0.25, 0.3) is 10.9 Å². The van der Waals surface area contributed by atoms with Gasteiger partial charge in [0.15, 0.2) is 0 Å². The van der Waals surface area contributed by atoms with E-state index in [0.29, 0.717) is 28.5 Å². The molecule has 1 aromatic carbocycles. The zero-order valence-electron chi connectivity index (χ0n) is 8.96. The number of nitrogen functional groups attached to an aromatic ring is 1. The number of benzene rings is 1. The van der Waals surface area contributed by atoms with E-state index < -0.39 is 4.92 Å². The summed E-state index contributed by atoms with van der Waals surface area (Å²) in [5.41, 5.74) is 6.40. The lowest BCUT2D eigenvalue weighted by Gasteiger charge is -2.04. The fraction of sp³-hybridized carbons (Fsp3) is 0.273. The van der Waals surface area contributed by atoms with Crippen LogP contribution in [0.2, 0.25) is 0 Å². The van der Waals surface area contributed by atoms with Gasteiger partial charge in [0.25, 0.3) is 5.69 Å². The second-order valence-electron chi connectivity index (χ2n) is 4.20. The number of anilines is 1. The molecule has 0 spiro atoms. The fourth-order valence-corrected chi connectivity index (χ4v) is 1.80. The van der Waals surface area contributed by atoms with Crippen molar-refractivity contribution in [3.05, 3.63) is 34.1 Å². The van der Waals surface area contributed by atoms with Gasteiger partial charge in [-0.1, -0.05) is 0 Å². The zero-order valence-corrected chi connectivity index (χ0v) is 8.96. The average Bonchev–Trinajstić information content (AvgIpc) is 3.11. The van der Waals surface area contributed by atoms with Crippen molar-refractivity contribution >= 4 is 22.4 Å². The van der Waals surface area contributed by atoms with Crippen molar-refractivity contribution in [1.29, 1.82) is 0 Å². The highest BCUT2D eigenvalue weighted by molar-refractivity contribution is 5.89. The number of nitro benzene ring substituents is 1. The van der Waals surface area contributed by atoms with Crippen molar-refractivity contribution in [3.8, 4) is 0 Å². The van der Waals surface area contributed by atoms with E-state index in [0.717, 1.165) is 12.8 Å². The first kappa shape index (κ1) is 9.95. The summed E-state index contributed by atoms with van der Waals surface area (Å²) in [6.45, 7) is 0. The lowest BCUT2D eigenvalue weighted by molar-refractivity contribution is -0.384. The molecule has 1 heterocycles. The van der Waals surface area contributed by atoms with Crippen LogP contribution in [0.5, 0.6) is 0 Å². The van der Waals surface area contributed by atoms with Crippen LogP contribution in [0.1, 0.15) is 24.6 Å². The largest absolute Gasteiger partial charge is 0.383 e. The predicted molar refractivity (Wildman–Crippen MR) is 62.6 cm³/mol. The Labute approximate surface area is 96.6 Å². The van der Waals surface area contributed by atoms with Gasteiger partial charge in [-0.3, -0.25) is 10.1 Å².